The lowest BCUT2D eigenvalue weighted by atomic mass is 9.91. The lowest BCUT2D eigenvalue weighted by molar-refractivity contribution is -0.120. The molecule has 0 radical (unpaired) electrons. The largest absolute Gasteiger partial charge is 0.325 e. The van der Waals surface area contributed by atoms with E-state index in [1.807, 2.05) is 13.8 Å². The fraction of sp³-hybridized carbons (Fsp3) is 0.286. The summed E-state index contributed by atoms with van der Waals surface area (Å²) in [6.45, 7) is 3.84. The molecule has 1 unspecified atom stereocenters. The van der Waals surface area contributed by atoms with Crippen LogP contribution in [-0.4, -0.2) is 15.9 Å². The highest BCUT2D eigenvalue weighted by molar-refractivity contribution is 5.95. The Balaban J connectivity index is 0.000000161. The minimum absolute atomic E-state index is 0.00519. The van der Waals surface area contributed by atoms with Crippen LogP contribution < -0.4 is 10.9 Å². The van der Waals surface area contributed by atoms with E-state index in [0.717, 1.165) is 18.4 Å². The van der Waals surface area contributed by atoms with Crippen LogP contribution in [0.15, 0.2) is 41.2 Å². The van der Waals surface area contributed by atoms with Gasteiger partial charge in [0.05, 0.1) is 11.0 Å². The second-order valence-electron chi connectivity index (χ2n) is 6.63. The molecule has 3 aromatic rings. The second kappa shape index (κ2) is 8.29. The summed E-state index contributed by atoms with van der Waals surface area (Å²) in [5.41, 5.74) is 2.93. The third-order valence-corrected chi connectivity index (χ3v) is 4.72. The number of carbonyl (C=O) groups excluding carboxylic acids is 1. The summed E-state index contributed by atoms with van der Waals surface area (Å²) in [7, 11) is 0. The molecule has 0 spiro atoms. The highest BCUT2D eigenvalue weighted by atomic mass is 19.1. The second-order valence-corrected chi connectivity index (χ2v) is 6.63. The third kappa shape index (κ3) is 4.24. The van der Waals surface area contributed by atoms with E-state index in [9.17, 15) is 18.4 Å². The number of carbonyl (C=O) groups is 1. The van der Waals surface area contributed by atoms with Gasteiger partial charge in [-0.05, 0) is 55.2 Å². The topological polar surface area (TPSA) is 74.8 Å². The molecule has 5 nitrogen and oxygen atoms in total. The van der Waals surface area contributed by atoms with Crippen molar-refractivity contribution in [2.24, 2.45) is 5.92 Å². The Morgan fingerprint density at radius 3 is 2.50 bits per heavy atom. The number of aryl methyl sites for hydroxylation is 1. The number of nitrogens with zero attached hydrogens (tertiary/aromatic N) is 1. The molecule has 0 saturated carbocycles. The minimum Gasteiger partial charge on any atom is -0.325 e. The number of nitrogens with one attached hydrogen (secondary N) is 2. The Kier molecular flexibility index (Phi) is 5.82. The Bertz CT molecular complexity index is 1080. The summed E-state index contributed by atoms with van der Waals surface area (Å²) in [6, 6.07) is 8.70. The van der Waals surface area contributed by atoms with Crippen LogP contribution in [0.1, 0.15) is 31.5 Å². The van der Waals surface area contributed by atoms with E-state index >= 15 is 0 Å². The van der Waals surface area contributed by atoms with Gasteiger partial charge in [-0.2, -0.15) is 0 Å². The van der Waals surface area contributed by atoms with Crippen molar-refractivity contribution in [3.8, 4) is 0 Å². The number of H-pyrrole nitrogens is 1. The van der Waals surface area contributed by atoms with Gasteiger partial charge in [-0.15, -0.1) is 0 Å². The van der Waals surface area contributed by atoms with Gasteiger partial charge in [0.1, 0.15) is 17.3 Å². The van der Waals surface area contributed by atoms with Crippen molar-refractivity contribution in [1.29, 1.82) is 0 Å². The minimum atomic E-state index is -0.376. The smallest absolute Gasteiger partial charge is 0.270 e. The number of halogens is 2. The quantitative estimate of drug-likeness (QED) is 0.701. The highest BCUT2D eigenvalue weighted by Crippen LogP contribution is 2.27. The van der Waals surface area contributed by atoms with Gasteiger partial charge in [0.15, 0.2) is 0 Å². The molecule has 0 fully saturated rings. The van der Waals surface area contributed by atoms with Crippen molar-refractivity contribution < 1.29 is 13.6 Å². The van der Waals surface area contributed by atoms with Gasteiger partial charge in [0, 0.05) is 11.6 Å². The van der Waals surface area contributed by atoms with Gasteiger partial charge in [-0.3, -0.25) is 9.59 Å². The molecule has 2 aromatic carbocycles. The molecule has 4 rings (SSSR count). The monoisotopic (exact) mass is 385 g/mol. The molecule has 1 aromatic heterocycles. The first-order chi connectivity index (χ1) is 13.4. The van der Waals surface area contributed by atoms with Gasteiger partial charge in [-0.25, -0.2) is 13.8 Å². The van der Waals surface area contributed by atoms with E-state index in [2.05, 4.69) is 15.3 Å². The predicted molar refractivity (Wildman–Crippen MR) is 104 cm³/mol. The van der Waals surface area contributed by atoms with Crippen molar-refractivity contribution in [3.05, 3.63) is 69.6 Å². The Hall–Kier alpha value is -3.09. The number of rotatable bonds is 2. The number of hydrogen-bond donors (Lipinski definition) is 2. The van der Waals surface area contributed by atoms with Crippen molar-refractivity contribution in [2.45, 2.75) is 33.1 Å². The average molecular weight is 385 g/mol. The molecule has 0 bridgehead atoms. The van der Waals surface area contributed by atoms with Gasteiger partial charge in [0.25, 0.3) is 5.56 Å². The third-order valence-electron chi connectivity index (χ3n) is 4.72. The van der Waals surface area contributed by atoms with Crippen molar-refractivity contribution in [3.63, 3.8) is 0 Å². The van der Waals surface area contributed by atoms with E-state index < -0.39 is 0 Å². The number of amides is 1. The zero-order valence-electron chi connectivity index (χ0n) is 15.7. The first-order valence-corrected chi connectivity index (χ1v) is 9.19. The summed E-state index contributed by atoms with van der Waals surface area (Å²) in [5.74, 6) is -0.642. The van der Waals surface area contributed by atoms with Crippen LogP contribution in [0.4, 0.5) is 14.5 Å². The molecule has 7 heteroatoms. The molecule has 0 saturated heterocycles. The number of fused-ring (bicyclic) bond motifs is 2. The summed E-state index contributed by atoms with van der Waals surface area (Å²) in [4.78, 5) is 29.5. The van der Waals surface area contributed by atoms with E-state index in [4.69, 9.17) is 0 Å². The molecule has 1 atom stereocenters. The summed E-state index contributed by atoms with van der Waals surface area (Å²) >= 11 is 0. The molecule has 28 heavy (non-hydrogen) atoms. The van der Waals surface area contributed by atoms with Crippen LogP contribution in [0.25, 0.3) is 11.0 Å². The Labute approximate surface area is 160 Å². The lowest BCUT2D eigenvalue weighted by Gasteiger charge is -2.23. The van der Waals surface area contributed by atoms with E-state index in [1.165, 1.54) is 24.3 Å². The maximum absolute atomic E-state index is 12.8. The lowest BCUT2D eigenvalue weighted by Crippen LogP contribution is -2.29. The summed E-state index contributed by atoms with van der Waals surface area (Å²) < 4.78 is 25.7. The number of benzene rings is 2. The molecule has 2 N–H and O–H groups in total. The first kappa shape index (κ1) is 19.7. The zero-order chi connectivity index (χ0) is 20.3. The molecule has 1 amide bonds. The SMILES string of the molecule is CCC1Cc2ccc(F)cc2NC1=O.CCc1nc2ccc(F)cc2[nH]c1=O. The van der Waals surface area contributed by atoms with Crippen LogP contribution in [-0.2, 0) is 17.6 Å². The van der Waals surface area contributed by atoms with E-state index in [-0.39, 0.29) is 29.0 Å². The fourth-order valence-electron chi connectivity index (χ4n) is 3.10. The molecule has 1 aliphatic rings. The number of anilines is 1. The van der Waals surface area contributed by atoms with Crippen LogP contribution in [0.2, 0.25) is 0 Å². The van der Waals surface area contributed by atoms with Crippen molar-refractivity contribution in [2.75, 3.05) is 5.32 Å². The first-order valence-electron chi connectivity index (χ1n) is 9.19. The van der Waals surface area contributed by atoms with Gasteiger partial charge in [0.2, 0.25) is 5.91 Å². The molecular weight excluding hydrogens is 364 g/mol. The van der Waals surface area contributed by atoms with Gasteiger partial charge >= 0.3 is 0 Å². The number of aromatic nitrogens is 2. The fourth-order valence-corrected chi connectivity index (χ4v) is 3.10. The molecular formula is C21H21F2N3O2. The number of hydrogen-bond acceptors (Lipinski definition) is 3. The van der Waals surface area contributed by atoms with Crippen LogP contribution >= 0.6 is 0 Å². The molecule has 0 aliphatic carbocycles. The summed E-state index contributed by atoms with van der Waals surface area (Å²) in [5, 5.41) is 2.72. The van der Waals surface area contributed by atoms with Crippen LogP contribution in [0.5, 0.6) is 0 Å². The van der Waals surface area contributed by atoms with E-state index in [1.54, 1.807) is 12.1 Å². The maximum Gasteiger partial charge on any atom is 0.270 e. The summed E-state index contributed by atoms with van der Waals surface area (Å²) in [6.07, 6.45) is 2.11. The maximum atomic E-state index is 12.8. The predicted octanol–water partition coefficient (Wildman–Crippen LogP) is 3.97. The molecule has 1 aliphatic heterocycles. The molecule has 2 heterocycles. The zero-order valence-corrected chi connectivity index (χ0v) is 15.7. The van der Waals surface area contributed by atoms with Crippen molar-refractivity contribution >= 4 is 22.6 Å². The van der Waals surface area contributed by atoms with Gasteiger partial charge < -0.3 is 10.3 Å². The molecule has 146 valence electrons. The highest BCUT2D eigenvalue weighted by Gasteiger charge is 2.24. The average Bonchev–Trinajstić information content (AvgIpc) is 2.67. The Morgan fingerprint density at radius 1 is 1.07 bits per heavy atom. The van der Waals surface area contributed by atoms with E-state index in [0.29, 0.717) is 28.8 Å². The van der Waals surface area contributed by atoms with Crippen LogP contribution in [0.3, 0.4) is 0 Å². The number of aromatic amines is 1. The standard InChI is InChI=1S/C11H12FNO.C10H9FN2O/c1-2-7-5-8-3-4-9(12)6-10(8)13-11(7)14;1-2-7-10(14)13-9-5-6(11)3-4-8(9)12-7/h3-4,6-7H,2,5H2,1H3,(H,13,14);3-5H,2H2,1H3,(H,13,14). The normalized spacial score (nSPS) is 15.4. The Morgan fingerprint density at radius 2 is 1.79 bits per heavy atom. The van der Waals surface area contributed by atoms with Crippen LogP contribution in [0, 0.1) is 17.6 Å². The van der Waals surface area contributed by atoms with Crippen molar-refractivity contribution in [1.82, 2.24) is 9.97 Å². The van der Waals surface area contributed by atoms with Gasteiger partial charge in [-0.1, -0.05) is 19.9 Å².